The average Bonchev–Trinajstić information content (AvgIpc) is 2.77. The molecule has 0 saturated carbocycles. The van der Waals surface area contributed by atoms with Gasteiger partial charge in [0, 0.05) is 19.5 Å². The molecular formula is C27H31NO5. The molecule has 0 aromatic heterocycles. The van der Waals surface area contributed by atoms with Gasteiger partial charge in [-0.15, -0.1) is 0 Å². The molecule has 2 atom stereocenters. The van der Waals surface area contributed by atoms with E-state index in [0.717, 1.165) is 21.9 Å². The molecule has 3 aromatic rings. The fraction of sp³-hybridized carbons (Fsp3) is 0.333. The van der Waals surface area contributed by atoms with Gasteiger partial charge in [-0.3, -0.25) is 0 Å². The number of amides is 1. The lowest BCUT2D eigenvalue weighted by Crippen LogP contribution is -2.38. The Labute approximate surface area is 194 Å². The van der Waals surface area contributed by atoms with E-state index in [-0.39, 0.29) is 12.5 Å². The highest BCUT2D eigenvalue weighted by atomic mass is 16.6. The smallest absolute Gasteiger partial charge is 0.410 e. The van der Waals surface area contributed by atoms with Crippen LogP contribution in [0, 0.1) is 0 Å². The number of carbonyl (C=O) groups excluding carboxylic acids is 1. The summed E-state index contributed by atoms with van der Waals surface area (Å²) in [4.78, 5) is 25.6. The zero-order valence-corrected chi connectivity index (χ0v) is 19.5. The molecule has 0 spiro atoms. The normalized spacial score (nSPS) is 13.3. The Morgan fingerprint density at radius 2 is 1.55 bits per heavy atom. The lowest BCUT2D eigenvalue weighted by Gasteiger charge is -2.32. The summed E-state index contributed by atoms with van der Waals surface area (Å²) < 4.78 is 11.5. The first-order valence-corrected chi connectivity index (χ1v) is 11.0. The van der Waals surface area contributed by atoms with Crippen molar-refractivity contribution in [3.63, 3.8) is 0 Å². The van der Waals surface area contributed by atoms with Gasteiger partial charge < -0.3 is 19.5 Å². The maximum atomic E-state index is 12.7. The van der Waals surface area contributed by atoms with Crippen molar-refractivity contribution in [3.05, 3.63) is 83.9 Å². The number of hydrogen-bond acceptors (Lipinski definition) is 4. The van der Waals surface area contributed by atoms with E-state index < -0.39 is 30.4 Å². The van der Waals surface area contributed by atoms with Crippen LogP contribution in [-0.4, -0.2) is 47.9 Å². The van der Waals surface area contributed by atoms with Gasteiger partial charge in [0.1, 0.15) is 12.2 Å². The summed E-state index contributed by atoms with van der Waals surface area (Å²) in [5.41, 5.74) is 1.17. The number of benzene rings is 3. The first-order valence-electron chi connectivity index (χ1n) is 11.0. The Bertz CT molecular complexity index is 1090. The van der Waals surface area contributed by atoms with Crippen molar-refractivity contribution in [2.45, 2.75) is 38.4 Å². The topological polar surface area (TPSA) is 76.1 Å². The predicted octanol–water partition coefficient (Wildman–Crippen LogP) is 5.63. The molecule has 0 heterocycles. The van der Waals surface area contributed by atoms with Gasteiger partial charge in [0.15, 0.2) is 0 Å². The Morgan fingerprint density at radius 1 is 0.909 bits per heavy atom. The zero-order valence-electron chi connectivity index (χ0n) is 19.5. The standard InChI is InChI=1S/C27H31NO5/c1-27(2,3)33-26(31)28(4)17-23(22-15-14-19-10-8-9-13-21(19)16-22)25(32-18-24(29)30)20-11-6-5-7-12-20/h5-16,23,25H,17-18H2,1-4H3,(H,29,30)/t23-,25-/m1/s1. The molecule has 1 N–H and O–H groups in total. The fourth-order valence-electron chi connectivity index (χ4n) is 3.77. The molecule has 6 heteroatoms. The lowest BCUT2D eigenvalue weighted by atomic mass is 9.87. The van der Waals surface area contributed by atoms with Crippen LogP contribution >= 0.6 is 0 Å². The van der Waals surface area contributed by atoms with Crippen molar-refractivity contribution >= 4 is 22.8 Å². The molecule has 0 radical (unpaired) electrons. The number of likely N-dealkylation sites (N-methyl/N-ethyl adjacent to an activating group) is 1. The van der Waals surface area contributed by atoms with E-state index in [0.29, 0.717) is 0 Å². The zero-order chi connectivity index (χ0) is 24.0. The molecule has 0 fully saturated rings. The first kappa shape index (κ1) is 24.3. The molecule has 0 aliphatic carbocycles. The maximum Gasteiger partial charge on any atom is 0.410 e. The summed E-state index contributed by atoms with van der Waals surface area (Å²) in [7, 11) is 1.68. The third-order valence-electron chi connectivity index (χ3n) is 5.26. The van der Waals surface area contributed by atoms with Crippen molar-refractivity contribution in [3.8, 4) is 0 Å². The van der Waals surface area contributed by atoms with Gasteiger partial charge in [0.25, 0.3) is 0 Å². The van der Waals surface area contributed by atoms with Crippen LogP contribution in [0.25, 0.3) is 10.8 Å². The Hall–Kier alpha value is -3.38. The molecule has 6 nitrogen and oxygen atoms in total. The average molecular weight is 450 g/mol. The van der Waals surface area contributed by atoms with Gasteiger partial charge in [-0.25, -0.2) is 9.59 Å². The number of carboxylic acid groups (broad SMARTS) is 1. The summed E-state index contributed by atoms with van der Waals surface area (Å²) in [5.74, 6) is -1.37. The van der Waals surface area contributed by atoms with Crippen molar-refractivity contribution in [2.24, 2.45) is 0 Å². The number of nitrogens with zero attached hydrogens (tertiary/aromatic N) is 1. The van der Waals surface area contributed by atoms with Crippen molar-refractivity contribution in [2.75, 3.05) is 20.2 Å². The predicted molar refractivity (Wildman–Crippen MR) is 128 cm³/mol. The van der Waals surface area contributed by atoms with Gasteiger partial charge in [0.05, 0.1) is 6.10 Å². The maximum absolute atomic E-state index is 12.7. The molecule has 0 aliphatic heterocycles. The molecule has 0 saturated heterocycles. The minimum Gasteiger partial charge on any atom is -0.480 e. The number of fused-ring (bicyclic) bond motifs is 1. The molecular weight excluding hydrogens is 418 g/mol. The van der Waals surface area contributed by atoms with Gasteiger partial charge in [0.2, 0.25) is 0 Å². The number of carboxylic acids is 1. The highest BCUT2D eigenvalue weighted by Gasteiger charge is 2.30. The first-order chi connectivity index (χ1) is 15.6. The summed E-state index contributed by atoms with van der Waals surface area (Å²) in [5, 5.41) is 11.5. The third-order valence-corrected chi connectivity index (χ3v) is 5.26. The molecule has 0 aliphatic rings. The quantitative estimate of drug-likeness (QED) is 0.482. The van der Waals surface area contributed by atoms with E-state index in [9.17, 15) is 14.7 Å². The molecule has 174 valence electrons. The number of hydrogen-bond donors (Lipinski definition) is 1. The van der Waals surface area contributed by atoms with Crippen molar-refractivity contribution in [1.82, 2.24) is 4.90 Å². The van der Waals surface area contributed by atoms with E-state index in [4.69, 9.17) is 9.47 Å². The van der Waals surface area contributed by atoms with Crippen LogP contribution < -0.4 is 0 Å². The second kappa shape index (κ2) is 10.5. The minimum atomic E-state index is -1.05. The van der Waals surface area contributed by atoms with E-state index in [1.807, 2.05) is 87.5 Å². The van der Waals surface area contributed by atoms with Crippen molar-refractivity contribution in [1.29, 1.82) is 0 Å². The number of carbonyl (C=O) groups is 2. The second-order valence-corrected chi connectivity index (χ2v) is 9.11. The van der Waals surface area contributed by atoms with Crippen LogP contribution in [0.1, 0.15) is 43.9 Å². The molecule has 1 amide bonds. The summed E-state index contributed by atoms with van der Waals surface area (Å²) in [6, 6.07) is 23.6. The van der Waals surface area contributed by atoms with E-state index in [2.05, 4.69) is 6.07 Å². The van der Waals surface area contributed by atoms with Crippen LogP contribution in [0.5, 0.6) is 0 Å². The third kappa shape index (κ3) is 6.80. The minimum absolute atomic E-state index is 0.284. The molecule has 0 unspecified atom stereocenters. The highest BCUT2D eigenvalue weighted by Crippen LogP contribution is 2.36. The van der Waals surface area contributed by atoms with E-state index in [1.54, 1.807) is 7.05 Å². The van der Waals surface area contributed by atoms with E-state index >= 15 is 0 Å². The van der Waals surface area contributed by atoms with Gasteiger partial charge in [-0.2, -0.15) is 0 Å². The van der Waals surface area contributed by atoms with E-state index in [1.165, 1.54) is 4.90 Å². The summed E-state index contributed by atoms with van der Waals surface area (Å²) in [6.45, 7) is 5.30. The van der Waals surface area contributed by atoms with Gasteiger partial charge in [-0.05, 0) is 42.7 Å². The van der Waals surface area contributed by atoms with Crippen LogP contribution in [0.4, 0.5) is 4.79 Å². The Morgan fingerprint density at radius 3 is 2.18 bits per heavy atom. The highest BCUT2D eigenvalue weighted by molar-refractivity contribution is 5.83. The van der Waals surface area contributed by atoms with Crippen molar-refractivity contribution < 1.29 is 24.2 Å². The molecule has 33 heavy (non-hydrogen) atoms. The molecule has 3 aromatic carbocycles. The monoisotopic (exact) mass is 449 g/mol. The van der Waals surface area contributed by atoms with Crippen LogP contribution in [-0.2, 0) is 14.3 Å². The SMILES string of the molecule is CN(C[C@H](c1ccc2ccccc2c1)[C@H](OCC(=O)O)c1ccccc1)C(=O)OC(C)(C)C. The van der Waals surface area contributed by atoms with Crippen LogP contribution in [0.15, 0.2) is 72.8 Å². The van der Waals surface area contributed by atoms with Gasteiger partial charge >= 0.3 is 12.1 Å². The fourth-order valence-corrected chi connectivity index (χ4v) is 3.77. The molecule has 3 rings (SSSR count). The second-order valence-electron chi connectivity index (χ2n) is 9.11. The van der Waals surface area contributed by atoms with Gasteiger partial charge in [-0.1, -0.05) is 72.8 Å². The number of rotatable bonds is 8. The largest absolute Gasteiger partial charge is 0.480 e. The summed E-state index contributed by atoms with van der Waals surface area (Å²) in [6.07, 6.45) is -1.02. The number of aliphatic carboxylic acids is 1. The lowest BCUT2D eigenvalue weighted by molar-refractivity contribution is -0.145. The Balaban J connectivity index is 2.03. The van der Waals surface area contributed by atoms with Crippen LogP contribution in [0.3, 0.4) is 0 Å². The van der Waals surface area contributed by atoms with Crippen LogP contribution in [0.2, 0.25) is 0 Å². The molecule has 0 bridgehead atoms. The Kier molecular flexibility index (Phi) is 7.71. The summed E-state index contributed by atoms with van der Waals surface area (Å²) >= 11 is 0. The number of ether oxygens (including phenoxy) is 2.